The Bertz CT molecular complexity index is 1030. The van der Waals surface area contributed by atoms with E-state index >= 15 is 0 Å². The predicted octanol–water partition coefficient (Wildman–Crippen LogP) is 11.2. The van der Waals surface area contributed by atoms with Crippen molar-refractivity contribution in [1.29, 1.82) is 0 Å². The normalized spacial score (nSPS) is 23.5. The second-order valence-corrected chi connectivity index (χ2v) is 13.9. The fraction of sp³-hybridized carbons (Fsp3) is 0.650. The van der Waals surface area contributed by atoms with Crippen molar-refractivity contribution in [2.75, 3.05) is 0 Å². The molecule has 0 aliphatic heterocycles. The number of benzene rings is 2. The van der Waals surface area contributed by atoms with Crippen LogP contribution in [0, 0.1) is 11.8 Å². The third-order valence-electron chi connectivity index (χ3n) is 10.6. The minimum atomic E-state index is -0.555. The molecule has 0 heterocycles. The van der Waals surface area contributed by atoms with Crippen LogP contribution in [0.3, 0.4) is 0 Å². The molecule has 0 spiro atoms. The summed E-state index contributed by atoms with van der Waals surface area (Å²) in [5, 5.41) is 0. The number of hydrogen-bond donors (Lipinski definition) is 0. The summed E-state index contributed by atoms with van der Waals surface area (Å²) in [4.78, 5) is 25.8. The number of unbranched alkanes of at least 4 members (excludes halogenated alkanes) is 4. The first-order valence-electron chi connectivity index (χ1n) is 18.0. The zero-order valence-corrected chi connectivity index (χ0v) is 28.0. The summed E-state index contributed by atoms with van der Waals surface area (Å²) in [6.45, 7) is 8.11. The molecule has 2 aromatic carbocycles. The van der Waals surface area contributed by atoms with Gasteiger partial charge in [0.1, 0.15) is 12.2 Å². The van der Waals surface area contributed by atoms with Crippen LogP contribution in [0.1, 0.15) is 174 Å². The van der Waals surface area contributed by atoms with Crippen molar-refractivity contribution < 1.29 is 19.1 Å². The maximum absolute atomic E-state index is 12.9. The summed E-state index contributed by atoms with van der Waals surface area (Å²) in [6.07, 6.45) is 19.9. The molecule has 4 nitrogen and oxygen atoms in total. The summed E-state index contributed by atoms with van der Waals surface area (Å²) in [7, 11) is 0. The van der Waals surface area contributed by atoms with Crippen molar-refractivity contribution in [3.05, 3.63) is 70.8 Å². The molecular formula is C40H58O4. The number of carbonyl (C=O) groups is 2. The van der Waals surface area contributed by atoms with E-state index in [1.807, 2.05) is 24.3 Å². The van der Waals surface area contributed by atoms with Gasteiger partial charge in [0.2, 0.25) is 0 Å². The van der Waals surface area contributed by atoms with Gasteiger partial charge in [-0.2, -0.15) is 0 Å². The van der Waals surface area contributed by atoms with E-state index in [1.165, 1.54) is 114 Å². The molecule has 0 aromatic heterocycles. The standard InChI is InChI=1S/C40H58O4/c1-5-7-9-11-31-13-17-33(18-14-31)35-21-25-37(26-22-35)39(41)43-29(3)30(4)44-40(42)38-27-23-36(24-28-38)34-19-15-32(16-20-34)12-10-8-6-2/h21-34H,5-20H2,1-4H3/t29?,30?,31-,32-,33-,34-. The summed E-state index contributed by atoms with van der Waals surface area (Å²) in [5.41, 5.74) is 3.73. The van der Waals surface area contributed by atoms with Gasteiger partial charge in [0.05, 0.1) is 11.1 Å². The Hall–Kier alpha value is -2.62. The fourth-order valence-corrected chi connectivity index (χ4v) is 7.38. The quantitative estimate of drug-likeness (QED) is 0.150. The third kappa shape index (κ3) is 10.2. The maximum Gasteiger partial charge on any atom is 0.338 e. The molecule has 2 unspecified atom stereocenters. The molecular weight excluding hydrogens is 544 g/mol. The number of ether oxygens (including phenoxy) is 2. The van der Waals surface area contributed by atoms with Crippen molar-refractivity contribution in [3.8, 4) is 0 Å². The number of rotatable bonds is 15. The Morgan fingerprint density at radius 1 is 0.568 bits per heavy atom. The lowest BCUT2D eigenvalue weighted by atomic mass is 9.77. The Morgan fingerprint density at radius 2 is 0.909 bits per heavy atom. The lowest BCUT2D eigenvalue weighted by Crippen LogP contribution is -2.30. The van der Waals surface area contributed by atoms with Gasteiger partial charge in [-0.05, 0) is 124 Å². The molecule has 0 bridgehead atoms. The minimum absolute atomic E-state index is 0.379. The van der Waals surface area contributed by atoms with E-state index in [0.29, 0.717) is 23.0 Å². The van der Waals surface area contributed by atoms with Crippen LogP contribution < -0.4 is 0 Å². The van der Waals surface area contributed by atoms with Crippen molar-refractivity contribution in [2.24, 2.45) is 11.8 Å². The van der Waals surface area contributed by atoms with Crippen molar-refractivity contribution in [3.63, 3.8) is 0 Å². The van der Waals surface area contributed by atoms with Crippen molar-refractivity contribution in [1.82, 2.24) is 0 Å². The summed E-state index contributed by atoms with van der Waals surface area (Å²) in [6, 6.07) is 15.9. The SMILES string of the molecule is CCCCC[C@H]1CC[C@H](c2ccc(C(=O)OC(C)C(C)OC(=O)c3ccc([C@H]4CC[C@H](CCCCC)CC4)cc3)cc2)CC1. The molecule has 2 atom stereocenters. The molecule has 2 aliphatic rings. The highest BCUT2D eigenvalue weighted by Crippen LogP contribution is 2.39. The van der Waals surface area contributed by atoms with Gasteiger partial charge in [-0.3, -0.25) is 0 Å². The Morgan fingerprint density at radius 3 is 1.23 bits per heavy atom. The number of esters is 2. The highest BCUT2D eigenvalue weighted by atomic mass is 16.6. The summed E-state index contributed by atoms with van der Waals surface area (Å²) in [5.74, 6) is 2.19. The van der Waals surface area contributed by atoms with Gasteiger partial charge in [-0.1, -0.05) is 89.5 Å². The van der Waals surface area contributed by atoms with Crippen LogP contribution in [0.15, 0.2) is 48.5 Å². The summed E-state index contributed by atoms with van der Waals surface area (Å²) < 4.78 is 11.4. The molecule has 2 aliphatic carbocycles. The molecule has 44 heavy (non-hydrogen) atoms. The van der Waals surface area contributed by atoms with Gasteiger partial charge in [0.25, 0.3) is 0 Å². The van der Waals surface area contributed by atoms with Crippen LogP contribution in [0.4, 0.5) is 0 Å². The van der Waals surface area contributed by atoms with E-state index in [2.05, 4.69) is 38.1 Å². The largest absolute Gasteiger partial charge is 0.455 e. The van der Waals surface area contributed by atoms with Crippen molar-refractivity contribution in [2.45, 2.75) is 154 Å². The molecule has 4 rings (SSSR count). The molecule has 2 aromatic rings. The smallest absolute Gasteiger partial charge is 0.338 e. The molecule has 2 fully saturated rings. The summed E-state index contributed by atoms with van der Waals surface area (Å²) >= 11 is 0. The first kappa shape index (κ1) is 34.3. The first-order chi connectivity index (χ1) is 21.4. The van der Waals surface area contributed by atoms with E-state index in [1.54, 1.807) is 13.8 Å². The average molecular weight is 603 g/mol. The van der Waals surface area contributed by atoms with Crippen LogP contribution in [-0.2, 0) is 9.47 Å². The molecule has 4 heteroatoms. The van der Waals surface area contributed by atoms with E-state index in [0.717, 1.165) is 11.8 Å². The molecule has 0 radical (unpaired) electrons. The van der Waals surface area contributed by atoms with Crippen LogP contribution in [0.5, 0.6) is 0 Å². The fourth-order valence-electron chi connectivity index (χ4n) is 7.38. The van der Waals surface area contributed by atoms with Crippen LogP contribution >= 0.6 is 0 Å². The van der Waals surface area contributed by atoms with Crippen molar-refractivity contribution >= 4 is 11.9 Å². The second kappa shape index (κ2) is 17.8. The molecule has 0 N–H and O–H groups in total. The third-order valence-corrected chi connectivity index (χ3v) is 10.6. The average Bonchev–Trinajstić information content (AvgIpc) is 3.05. The predicted molar refractivity (Wildman–Crippen MR) is 180 cm³/mol. The zero-order valence-electron chi connectivity index (χ0n) is 28.0. The highest BCUT2D eigenvalue weighted by molar-refractivity contribution is 5.90. The van der Waals surface area contributed by atoms with E-state index in [9.17, 15) is 9.59 Å². The number of carbonyl (C=O) groups excluding carboxylic acids is 2. The van der Waals surface area contributed by atoms with E-state index < -0.39 is 12.2 Å². The topological polar surface area (TPSA) is 52.6 Å². The Balaban J connectivity index is 1.19. The minimum Gasteiger partial charge on any atom is -0.455 e. The zero-order chi connectivity index (χ0) is 31.3. The van der Waals surface area contributed by atoms with Gasteiger partial charge in [0, 0.05) is 0 Å². The molecule has 242 valence electrons. The molecule has 0 amide bonds. The van der Waals surface area contributed by atoms with Gasteiger partial charge in [-0.15, -0.1) is 0 Å². The lowest BCUT2D eigenvalue weighted by molar-refractivity contribution is -0.0239. The Kier molecular flexibility index (Phi) is 13.8. The lowest BCUT2D eigenvalue weighted by Gasteiger charge is -2.29. The van der Waals surface area contributed by atoms with Crippen LogP contribution in [0.2, 0.25) is 0 Å². The van der Waals surface area contributed by atoms with Gasteiger partial charge < -0.3 is 9.47 Å². The van der Waals surface area contributed by atoms with E-state index in [-0.39, 0.29) is 11.9 Å². The van der Waals surface area contributed by atoms with Crippen LogP contribution in [-0.4, -0.2) is 24.1 Å². The monoisotopic (exact) mass is 602 g/mol. The number of hydrogen-bond acceptors (Lipinski definition) is 4. The van der Waals surface area contributed by atoms with Gasteiger partial charge >= 0.3 is 11.9 Å². The van der Waals surface area contributed by atoms with Crippen LogP contribution in [0.25, 0.3) is 0 Å². The molecule has 2 saturated carbocycles. The van der Waals surface area contributed by atoms with E-state index in [4.69, 9.17) is 9.47 Å². The first-order valence-corrected chi connectivity index (χ1v) is 18.0. The second-order valence-electron chi connectivity index (χ2n) is 13.9. The Labute approximate surface area is 267 Å². The molecule has 0 saturated heterocycles. The van der Waals surface area contributed by atoms with Gasteiger partial charge in [-0.25, -0.2) is 9.59 Å². The highest BCUT2D eigenvalue weighted by Gasteiger charge is 2.25. The van der Waals surface area contributed by atoms with Gasteiger partial charge in [0.15, 0.2) is 0 Å². The maximum atomic E-state index is 12.9.